The highest BCUT2D eigenvalue weighted by Crippen LogP contribution is 2.35. The molecule has 0 aliphatic carbocycles. The number of thioether (sulfide) groups is 1. The van der Waals surface area contributed by atoms with Crippen molar-refractivity contribution in [2.75, 3.05) is 37.8 Å². The van der Waals surface area contributed by atoms with Crippen molar-refractivity contribution in [3.63, 3.8) is 0 Å². The molecule has 1 aromatic rings. The number of hydrogen-bond acceptors (Lipinski definition) is 3. The monoisotopic (exact) mass is 305 g/mol. The Morgan fingerprint density at radius 1 is 1.33 bits per heavy atom. The van der Waals surface area contributed by atoms with E-state index in [9.17, 15) is 4.79 Å². The van der Waals surface area contributed by atoms with Gasteiger partial charge in [-0.25, -0.2) is 4.79 Å². The molecule has 5 heteroatoms. The van der Waals surface area contributed by atoms with Crippen molar-refractivity contribution in [3.8, 4) is 0 Å². The highest BCUT2D eigenvalue weighted by molar-refractivity contribution is 7.98. The Kier molecular flexibility index (Phi) is 4.40. The van der Waals surface area contributed by atoms with Gasteiger partial charge in [-0.15, -0.1) is 11.8 Å². The van der Waals surface area contributed by atoms with Crippen molar-refractivity contribution in [2.24, 2.45) is 5.41 Å². The molecule has 2 aliphatic heterocycles. The maximum atomic E-state index is 12.5. The molecule has 1 atom stereocenters. The van der Waals surface area contributed by atoms with Crippen LogP contribution in [0.5, 0.6) is 0 Å². The van der Waals surface area contributed by atoms with E-state index >= 15 is 0 Å². The first-order valence-corrected chi connectivity index (χ1v) is 8.84. The summed E-state index contributed by atoms with van der Waals surface area (Å²) in [6, 6.07) is 8.07. The predicted octanol–water partition coefficient (Wildman–Crippen LogP) is 3.02. The molecule has 0 radical (unpaired) electrons. The molecular weight excluding hydrogens is 282 g/mol. The molecule has 1 spiro atoms. The van der Waals surface area contributed by atoms with E-state index in [-0.39, 0.29) is 6.03 Å². The molecule has 1 unspecified atom stereocenters. The first-order chi connectivity index (χ1) is 10.2. The molecule has 4 nitrogen and oxygen atoms in total. The SMILES string of the molecule is CSc1ccc(NC(=O)N2CCCC3(CCNC3)C2)cc1. The average Bonchev–Trinajstić information content (AvgIpc) is 2.96. The second-order valence-corrected chi connectivity index (χ2v) is 6.99. The molecule has 2 saturated heterocycles. The van der Waals surface area contributed by atoms with Crippen LogP contribution in [-0.2, 0) is 0 Å². The summed E-state index contributed by atoms with van der Waals surface area (Å²) in [5.41, 5.74) is 1.19. The number of likely N-dealkylation sites (tertiary alicyclic amines) is 1. The van der Waals surface area contributed by atoms with Crippen LogP contribution in [0.1, 0.15) is 19.3 Å². The van der Waals surface area contributed by atoms with Gasteiger partial charge in [0.05, 0.1) is 0 Å². The fourth-order valence-electron chi connectivity index (χ4n) is 3.40. The number of nitrogens with one attached hydrogen (secondary N) is 2. The highest BCUT2D eigenvalue weighted by Gasteiger charge is 2.39. The Balaban J connectivity index is 1.61. The highest BCUT2D eigenvalue weighted by atomic mass is 32.2. The lowest BCUT2D eigenvalue weighted by atomic mass is 9.79. The minimum absolute atomic E-state index is 0.0397. The van der Waals surface area contributed by atoms with Crippen LogP contribution in [0.4, 0.5) is 10.5 Å². The van der Waals surface area contributed by atoms with Gasteiger partial charge in [0, 0.05) is 35.6 Å². The van der Waals surface area contributed by atoms with E-state index < -0.39 is 0 Å². The summed E-state index contributed by atoms with van der Waals surface area (Å²) < 4.78 is 0. The van der Waals surface area contributed by atoms with Gasteiger partial charge in [0.1, 0.15) is 0 Å². The molecule has 2 fully saturated rings. The third kappa shape index (κ3) is 3.35. The third-order valence-electron chi connectivity index (χ3n) is 4.62. The topological polar surface area (TPSA) is 44.4 Å². The molecule has 2 N–H and O–H groups in total. The van der Waals surface area contributed by atoms with E-state index in [1.807, 2.05) is 29.2 Å². The van der Waals surface area contributed by atoms with E-state index in [0.717, 1.165) is 38.3 Å². The molecular formula is C16H23N3OS. The van der Waals surface area contributed by atoms with E-state index in [4.69, 9.17) is 0 Å². The number of hydrogen-bond donors (Lipinski definition) is 2. The first kappa shape index (κ1) is 14.7. The molecule has 21 heavy (non-hydrogen) atoms. The van der Waals surface area contributed by atoms with Crippen molar-refractivity contribution in [1.82, 2.24) is 10.2 Å². The van der Waals surface area contributed by atoms with Crippen molar-refractivity contribution in [2.45, 2.75) is 24.2 Å². The van der Waals surface area contributed by atoms with Crippen LogP contribution < -0.4 is 10.6 Å². The predicted molar refractivity (Wildman–Crippen MR) is 88.0 cm³/mol. The number of piperidine rings is 1. The van der Waals surface area contributed by atoms with Gasteiger partial charge in [0.15, 0.2) is 0 Å². The van der Waals surface area contributed by atoms with E-state index in [2.05, 4.69) is 16.9 Å². The maximum absolute atomic E-state index is 12.5. The number of anilines is 1. The van der Waals surface area contributed by atoms with Crippen molar-refractivity contribution in [1.29, 1.82) is 0 Å². The lowest BCUT2D eigenvalue weighted by molar-refractivity contribution is 0.125. The minimum Gasteiger partial charge on any atom is -0.324 e. The summed E-state index contributed by atoms with van der Waals surface area (Å²) in [5, 5.41) is 6.47. The first-order valence-electron chi connectivity index (χ1n) is 7.62. The third-order valence-corrected chi connectivity index (χ3v) is 5.37. The van der Waals surface area contributed by atoms with Gasteiger partial charge in [-0.1, -0.05) is 0 Å². The molecule has 0 bridgehead atoms. The van der Waals surface area contributed by atoms with E-state index in [1.165, 1.54) is 17.7 Å². The fourth-order valence-corrected chi connectivity index (χ4v) is 3.81. The van der Waals surface area contributed by atoms with Gasteiger partial charge in [0.2, 0.25) is 0 Å². The molecule has 0 saturated carbocycles. The molecule has 1 aromatic carbocycles. The number of rotatable bonds is 2. The van der Waals surface area contributed by atoms with Crippen LogP contribution >= 0.6 is 11.8 Å². The van der Waals surface area contributed by atoms with Crippen molar-refractivity contribution >= 4 is 23.5 Å². The van der Waals surface area contributed by atoms with E-state index in [1.54, 1.807) is 11.8 Å². The molecule has 3 rings (SSSR count). The van der Waals surface area contributed by atoms with Crippen molar-refractivity contribution in [3.05, 3.63) is 24.3 Å². The van der Waals surface area contributed by atoms with Crippen molar-refractivity contribution < 1.29 is 4.79 Å². The summed E-state index contributed by atoms with van der Waals surface area (Å²) in [5.74, 6) is 0. The summed E-state index contributed by atoms with van der Waals surface area (Å²) >= 11 is 1.71. The number of nitrogens with zero attached hydrogens (tertiary/aromatic N) is 1. The Labute approximate surface area is 130 Å². The van der Waals surface area contributed by atoms with Crippen LogP contribution in [-0.4, -0.2) is 43.4 Å². The Bertz CT molecular complexity index is 497. The van der Waals surface area contributed by atoms with Gasteiger partial charge in [-0.2, -0.15) is 0 Å². The number of benzene rings is 1. The van der Waals surface area contributed by atoms with Gasteiger partial charge < -0.3 is 15.5 Å². The van der Waals surface area contributed by atoms with Gasteiger partial charge in [0.25, 0.3) is 0 Å². The number of urea groups is 1. The molecule has 2 amide bonds. The average molecular weight is 305 g/mol. The lowest BCUT2D eigenvalue weighted by Crippen LogP contribution is -2.48. The summed E-state index contributed by atoms with van der Waals surface area (Å²) in [6.07, 6.45) is 5.60. The standard InChI is InChI=1S/C16H23N3OS/c1-21-14-5-3-13(4-6-14)18-15(20)19-10-2-7-16(12-19)8-9-17-11-16/h3-6,17H,2,7-12H2,1H3,(H,18,20). The Morgan fingerprint density at radius 3 is 2.81 bits per heavy atom. The lowest BCUT2D eigenvalue weighted by Gasteiger charge is -2.39. The number of amides is 2. The quantitative estimate of drug-likeness (QED) is 0.826. The van der Waals surface area contributed by atoms with Gasteiger partial charge in [-0.05, 0) is 56.3 Å². The minimum atomic E-state index is 0.0397. The Hall–Kier alpha value is -1.20. The summed E-state index contributed by atoms with van der Waals surface area (Å²) in [6.45, 7) is 3.90. The smallest absolute Gasteiger partial charge is 0.321 e. The number of carbonyl (C=O) groups excluding carboxylic acids is 1. The van der Waals surface area contributed by atoms with Crippen LogP contribution in [0.15, 0.2) is 29.2 Å². The largest absolute Gasteiger partial charge is 0.324 e. The summed E-state index contributed by atoms with van der Waals surface area (Å²) in [4.78, 5) is 15.6. The fraction of sp³-hybridized carbons (Fsp3) is 0.562. The second-order valence-electron chi connectivity index (χ2n) is 6.11. The number of carbonyl (C=O) groups is 1. The van der Waals surface area contributed by atoms with Gasteiger partial charge in [-0.3, -0.25) is 0 Å². The van der Waals surface area contributed by atoms with Crippen LogP contribution in [0, 0.1) is 5.41 Å². The maximum Gasteiger partial charge on any atom is 0.321 e. The van der Waals surface area contributed by atoms with Crippen LogP contribution in [0.25, 0.3) is 0 Å². The summed E-state index contributed by atoms with van der Waals surface area (Å²) in [7, 11) is 0. The zero-order valence-corrected chi connectivity index (χ0v) is 13.3. The zero-order valence-electron chi connectivity index (χ0n) is 12.5. The molecule has 114 valence electrons. The normalized spacial score (nSPS) is 25.3. The van der Waals surface area contributed by atoms with Gasteiger partial charge >= 0.3 is 6.03 Å². The Morgan fingerprint density at radius 2 is 2.14 bits per heavy atom. The zero-order chi connectivity index (χ0) is 14.7. The van der Waals surface area contributed by atoms with E-state index in [0.29, 0.717) is 5.41 Å². The molecule has 2 heterocycles. The molecule has 2 aliphatic rings. The molecule has 0 aromatic heterocycles. The second kappa shape index (κ2) is 6.28. The van der Waals surface area contributed by atoms with Crippen LogP contribution in [0.3, 0.4) is 0 Å². The van der Waals surface area contributed by atoms with Crippen LogP contribution in [0.2, 0.25) is 0 Å².